The first kappa shape index (κ1) is 16.8. The number of halogens is 3. The average molecular weight is 289 g/mol. The van der Waals surface area contributed by atoms with Crippen LogP contribution in [0.2, 0.25) is 0 Å². The highest BCUT2D eigenvalue weighted by atomic mass is 19.4. The molecule has 2 nitrogen and oxygen atoms in total. The molecule has 1 N–H and O–H groups in total. The van der Waals surface area contributed by atoms with E-state index < -0.39 is 6.36 Å². The van der Waals surface area contributed by atoms with Crippen LogP contribution in [0.15, 0.2) is 12.1 Å². The van der Waals surface area contributed by atoms with Crippen molar-refractivity contribution in [3.8, 4) is 5.75 Å². The molecule has 1 aromatic rings. The van der Waals surface area contributed by atoms with Crippen molar-refractivity contribution in [3.05, 3.63) is 28.8 Å². The van der Waals surface area contributed by atoms with Crippen LogP contribution in [-0.2, 0) is 13.0 Å². The van der Waals surface area contributed by atoms with Crippen molar-refractivity contribution in [3.63, 3.8) is 0 Å². The smallest absolute Gasteiger partial charge is 0.405 e. The van der Waals surface area contributed by atoms with E-state index in [-0.39, 0.29) is 11.7 Å². The molecule has 1 aliphatic rings. The molecule has 0 bridgehead atoms. The van der Waals surface area contributed by atoms with Gasteiger partial charge in [0.25, 0.3) is 0 Å². The van der Waals surface area contributed by atoms with Crippen LogP contribution in [0.5, 0.6) is 5.75 Å². The number of ether oxygens (including phenoxy) is 1. The molecular formula is C15H22F3NO. The fraction of sp³-hybridized carbons (Fsp3) is 0.600. The van der Waals surface area contributed by atoms with E-state index in [4.69, 9.17) is 0 Å². The Morgan fingerprint density at radius 1 is 1.15 bits per heavy atom. The molecule has 0 saturated carbocycles. The average Bonchev–Trinajstić information content (AvgIpc) is 2.38. The molecular weight excluding hydrogens is 267 g/mol. The molecule has 114 valence electrons. The predicted molar refractivity (Wildman–Crippen MR) is 74.0 cm³/mol. The maximum atomic E-state index is 12.4. The molecule has 1 aromatic carbocycles. The van der Waals surface area contributed by atoms with Gasteiger partial charge in [-0.25, -0.2) is 0 Å². The second-order valence-corrected chi connectivity index (χ2v) is 4.79. The van der Waals surface area contributed by atoms with Crippen LogP contribution in [-0.4, -0.2) is 12.9 Å². The maximum absolute atomic E-state index is 12.4. The third-order valence-corrected chi connectivity index (χ3v) is 3.07. The number of fused-ring (bicyclic) bond motifs is 1. The largest absolute Gasteiger partial charge is 0.573 e. The monoisotopic (exact) mass is 289 g/mol. The summed E-state index contributed by atoms with van der Waals surface area (Å²) < 4.78 is 41.3. The highest BCUT2D eigenvalue weighted by Crippen LogP contribution is 2.34. The summed E-state index contributed by atoms with van der Waals surface area (Å²) in [5.74, 6) is -0.0623. The minimum atomic E-state index is -4.63. The van der Waals surface area contributed by atoms with Gasteiger partial charge in [-0.2, -0.15) is 0 Å². The van der Waals surface area contributed by atoms with Crippen LogP contribution in [0.4, 0.5) is 13.2 Å². The van der Waals surface area contributed by atoms with E-state index in [0.29, 0.717) is 12.1 Å². The van der Waals surface area contributed by atoms with Crippen LogP contribution in [0, 0.1) is 0 Å². The Morgan fingerprint density at radius 2 is 1.80 bits per heavy atom. The van der Waals surface area contributed by atoms with Gasteiger partial charge >= 0.3 is 6.36 Å². The summed E-state index contributed by atoms with van der Waals surface area (Å²) in [5.41, 5.74) is 2.62. The van der Waals surface area contributed by atoms with E-state index in [2.05, 4.69) is 10.1 Å². The van der Waals surface area contributed by atoms with Gasteiger partial charge in [0.05, 0.1) is 0 Å². The van der Waals surface area contributed by atoms with Gasteiger partial charge in [-0.3, -0.25) is 0 Å². The summed E-state index contributed by atoms with van der Waals surface area (Å²) in [7, 11) is 0. The van der Waals surface area contributed by atoms with Crippen molar-refractivity contribution < 1.29 is 17.9 Å². The van der Waals surface area contributed by atoms with E-state index in [1.807, 2.05) is 33.8 Å². The number of nitrogens with one attached hydrogen (secondary N) is 1. The third-order valence-electron chi connectivity index (χ3n) is 3.07. The van der Waals surface area contributed by atoms with Gasteiger partial charge in [-0.15, -0.1) is 13.2 Å². The molecule has 5 heteroatoms. The number of alkyl halides is 3. The van der Waals surface area contributed by atoms with Gasteiger partial charge in [0.15, 0.2) is 0 Å². The Hall–Kier alpha value is -1.23. The quantitative estimate of drug-likeness (QED) is 0.872. The number of hydrogen-bond acceptors (Lipinski definition) is 2. The second kappa shape index (κ2) is 6.97. The molecule has 0 radical (unpaired) electrons. The lowest BCUT2D eigenvalue weighted by molar-refractivity contribution is -0.275. The van der Waals surface area contributed by atoms with Gasteiger partial charge < -0.3 is 10.1 Å². The molecule has 2 rings (SSSR count). The summed E-state index contributed by atoms with van der Waals surface area (Å²) in [4.78, 5) is 0. The Morgan fingerprint density at radius 3 is 2.35 bits per heavy atom. The Labute approximate surface area is 118 Å². The van der Waals surface area contributed by atoms with E-state index >= 15 is 0 Å². The van der Waals surface area contributed by atoms with E-state index in [9.17, 15) is 13.2 Å². The van der Waals surface area contributed by atoms with E-state index in [1.54, 1.807) is 6.07 Å². The van der Waals surface area contributed by atoms with Gasteiger partial charge in [0.1, 0.15) is 5.75 Å². The zero-order valence-corrected chi connectivity index (χ0v) is 12.4. The molecule has 0 saturated heterocycles. The fourth-order valence-corrected chi connectivity index (χ4v) is 2.19. The Balaban J connectivity index is 0.000000956. The molecule has 0 aliphatic carbocycles. The van der Waals surface area contributed by atoms with Crippen molar-refractivity contribution >= 4 is 0 Å². The SMILES string of the molecule is CC.CC(C)c1cc2c(cc1OC(F)(F)F)CCNC2. The fourth-order valence-electron chi connectivity index (χ4n) is 2.19. The summed E-state index contributed by atoms with van der Waals surface area (Å²) in [6, 6.07) is 3.37. The highest BCUT2D eigenvalue weighted by Gasteiger charge is 2.33. The van der Waals surface area contributed by atoms with Crippen molar-refractivity contribution in [2.24, 2.45) is 0 Å². The van der Waals surface area contributed by atoms with Crippen LogP contribution < -0.4 is 10.1 Å². The second-order valence-electron chi connectivity index (χ2n) is 4.79. The molecule has 0 spiro atoms. The van der Waals surface area contributed by atoms with Crippen molar-refractivity contribution in [1.29, 1.82) is 0 Å². The normalized spacial score (nSPS) is 14.4. The van der Waals surface area contributed by atoms with Gasteiger partial charge in [-0.1, -0.05) is 33.8 Å². The van der Waals surface area contributed by atoms with E-state index in [1.165, 1.54) is 0 Å². The molecule has 0 amide bonds. The molecule has 0 atom stereocenters. The minimum absolute atomic E-state index is 0.00502. The Kier molecular flexibility index (Phi) is 5.87. The van der Waals surface area contributed by atoms with Crippen LogP contribution >= 0.6 is 0 Å². The zero-order valence-electron chi connectivity index (χ0n) is 12.4. The number of rotatable bonds is 2. The van der Waals surface area contributed by atoms with Gasteiger partial charge in [-0.05, 0) is 41.6 Å². The van der Waals surface area contributed by atoms with Crippen molar-refractivity contribution in [2.45, 2.75) is 52.9 Å². The molecule has 1 heterocycles. The molecule has 20 heavy (non-hydrogen) atoms. The van der Waals surface area contributed by atoms with Crippen molar-refractivity contribution in [2.75, 3.05) is 6.54 Å². The molecule has 0 aromatic heterocycles. The maximum Gasteiger partial charge on any atom is 0.573 e. The van der Waals surface area contributed by atoms with Crippen LogP contribution in [0.1, 0.15) is 50.3 Å². The minimum Gasteiger partial charge on any atom is -0.405 e. The standard InChI is InChI=1S/C13H16F3NO.C2H6/c1-8(2)11-5-10-7-17-4-3-9(10)6-12(11)18-13(14,15)16;1-2/h5-6,8,17H,3-4,7H2,1-2H3;1-2H3. The summed E-state index contributed by atoms with van der Waals surface area (Å²) in [6.45, 7) is 9.23. The zero-order chi connectivity index (χ0) is 15.3. The van der Waals surface area contributed by atoms with Crippen LogP contribution in [0.25, 0.3) is 0 Å². The highest BCUT2D eigenvalue weighted by molar-refractivity contribution is 5.45. The molecule has 1 aliphatic heterocycles. The third kappa shape index (κ3) is 4.40. The first-order valence-electron chi connectivity index (χ1n) is 6.99. The summed E-state index contributed by atoms with van der Waals surface area (Å²) >= 11 is 0. The van der Waals surface area contributed by atoms with Gasteiger partial charge in [0, 0.05) is 6.54 Å². The van der Waals surface area contributed by atoms with Gasteiger partial charge in [0.2, 0.25) is 0 Å². The first-order chi connectivity index (χ1) is 9.37. The lowest BCUT2D eigenvalue weighted by Crippen LogP contribution is -2.25. The topological polar surface area (TPSA) is 21.3 Å². The predicted octanol–water partition coefficient (Wildman–Crippen LogP) is 4.38. The van der Waals surface area contributed by atoms with E-state index in [0.717, 1.165) is 24.1 Å². The lowest BCUT2D eigenvalue weighted by Gasteiger charge is -2.22. The van der Waals surface area contributed by atoms with Crippen molar-refractivity contribution in [1.82, 2.24) is 5.32 Å². The Bertz CT molecular complexity index is 441. The number of benzene rings is 1. The summed E-state index contributed by atoms with van der Waals surface area (Å²) in [5, 5.41) is 3.21. The van der Waals surface area contributed by atoms with Crippen LogP contribution in [0.3, 0.4) is 0 Å². The number of hydrogen-bond donors (Lipinski definition) is 1. The molecule has 0 unspecified atom stereocenters. The molecule has 0 fully saturated rings. The summed E-state index contributed by atoms with van der Waals surface area (Å²) in [6.07, 6.45) is -3.90. The lowest BCUT2D eigenvalue weighted by atomic mass is 9.93. The first-order valence-corrected chi connectivity index (χ1v) is 6.99.